The summed E-state index contributed by atoms with van der Waals surface area (Å²) in [5.41, 5.74) is 6.11. The molecule has 0 spiro atoms. The molecule has 3 N–H and O–H groups in total. The fourth-order valence-electron chi connectivity index (χ4n) is 2.67. The molecular weight excluding hydrogens is 433 g/mol. The van der Waals surface area contributed by atoms with Crippen LogP contribution in [0.25, 0.3) is 0 Å². The zero-order valence-corrected chi connectivity index (χ0v) is 18.9. The average Bonchev–Trinajstić information content (AvgIpc) is 3.01. The summed E-state index contributed by atoms with van der Waals surface area (Å²) >= 11 is 13.3. The van der Waals surface area contributed by atoms with Crippen LogP contribution in [0.3, 0.4) is 0 Å². The lowest BCUT2D eigenvalue weighted by Crippen LogP contribution is -2.28. The molecule has 1 heterocycles. The molecule has 158 valence electrons. The van der Waals surface area contributed by atoms with E-state index in [2.05, 4.69) is 29.4 Å². The number of carbonyl (C=O) groups excluding carboxylic acids is 2. The molecule has 0 fully saturated rings. The number of hydrogen-bond acceptors (Lipinski definition) is 5. The largest absolute Gasteiger partial charge is 0.370 e. The van der Waals surface area contributed by atoms with Crippen molar-refractivity contribution < 1.29 is 9.59 Å². The number of primary amides is 1. The van der Waals surface area contributed by atoms with Crippen LogP contribution in [0.5, 0.6) is 0 Å². The van der Waals surface area contributed by atoms with Gasteiger partial charge in [-0.3, -0.25) is 9.59 Å². The van der Waals surface area contributed by atoms with E-state index in [-0.39, 0.29) is 30.0 Å². The topological polar surface area (TPSA) is 103 Å². The summed E-state index contributed by atoms with van der Waals surface area (Å²) in [6.07, 6.45) is 0.638. The highest BCUT2D eigenvalue weighted by Crippen LogP contribution is 2.26. The van der Waals surface area contributed by atoms with Crippen molar-refractivity contribution in [1.29, 1.82) is 0 Å². The zero-order valence-electron chi connectivity index (χ0n) is 16.6. The molecule has 0 radical (unpaired) electrons. The van der Waals surface area contributed by atoms with Gasteiger partial charge in [-0.2, -0.15) is 0 Å². The van der Waals surface area contributed by atoms with E-state index in [0.29, 0.717) is 39.9 Å². The number of halogens is 2. The third kappa shape index (κ3) is 7.21. The van der Waals surface area contributed by atoms with Crippen molar-refractivity contribution in [3.63, 3.8) is 0 Å². The van der Waals surface area contributed by atoms with Crippen LogP contribution in [0.1, 0.15) is 44.6 Å². The molecule has 0 saturated heterocycles. The molecule has 10 heteroatoms. The maximum atomic E-state index is 12.4. The number of benzene rings is 1. The second kappa shape index (κ2) is 10.8. The number of thioether (sulfide) groups is 1. The number of nitrogens with two attached hydrogens (primary N) is 1. The molecule has 7 nitrogen and oxygen atoms in total. The second-order valence-electron chi connectivity index (χ2n) is 7.12. The van der Waals surface area contributed by atoms with Crippen LogP contribution in [0, 0.1) is 5.92 Å². The molecule has 0 aliphatic rings. The number of aromatic nitrogens is 3. The number of carbonyl (C=O) groups is 2. The molecule has 0 aliphatic carbocycles. The van der Waals surface area contributed by atoms with Gasteiger partial charge in [-0.15, -0.1) is 10.2 Å². The molecule has 2 amide bonds. The van der Waals surface area contributed by atoms with Crippen molar-refractivity contribution in [3.05, 3.63) is 39.6 Å². The monoisotopic (exact) mass is 457 g/mol. The van der Waals surface area contributed by atoms with Crippen LogP contribution in [0.4, 0.5) is 0 Å². The second-order valence-corrected chi connectivity index (χ2v) is 8.88. The number of nitrogens with one attached hydrogen (secondary N) is 1. The maximum Gasteiger partial charge on any atom is 0.230 e. The molecule has 1 aromatic carbocycles. The fraction of sp³-hybridized carbons (Fsp3) is 0.474. The Kier molecular flexibility index (Phi) is 8.79. The summed E-state index contributed by atoms with van der Waals surface area (Å²) in [4.78, 5) is 23.5. The average molecular weight is 458 g/mol. The first kappa shape index (κ1) is 23.5. The van der Waals surface area contributed by atoms with Crippen LogP contribution in [-0.2, 0) is 22.6 Å². The number of nitrogens with zero attached hydrogens (tertiary/aromatic N) is 3. The van der Waals surface area contributed by atoms with Gasteiger partial charge in [0.1, 0.15) is 5.82 Å². The summed E-state index contributed by atoms with van der Waals surface area (Å²) in [7, 11) is 0. The highest BCUT2D eigenvalue weighted by atomic mass is 35.5. The van der Waals surface area contributed by atoms with E-state index < -0.39 is 0 Å². The number of rotatable bonds is 10. The zero-order chi connectivity index (χ0) is 21.6. The predicted molar refractivity (Wildman–Crippen MR) is 116 cm³/mol. The molecule has 1 atom stereocenters. The molecule has 0 bridgehead atoms. The highest BCUT2D eigenvalue weighted by Gasteiger charge is 2.17. The van der Waals surface area contributed by atoms with Gasteiger partial charge in [0.25, 0.3) is 0 Å². The molecule has 29 heavy (non-hydrogen) atoms. The standard InChI is InChI=1S/C19H25Cl2N5O2S/c1-11(2)9-26-17(7-6-16(22)27)24-25-19(26)29-10-18(28)23-12(3)13-4-5-14(20)15(21)8-13/h4-5,8,11-12H,6-7,9-10H2,1-3H3,(H2,22,27)(H,23,28). The molecule has 0 aliphatic heterocycles. The van der Waals surface area contributed by atoms with E-state index in [0.717, 1.165) is 5.56 Å². The van der Waals surface area contributed by atoms with Gasteiger partial charge >= 0.3 is 0 Å². The van der Waals surface area contributed by atoms with E-state index in [1.54, 1.807) is 12.1 Å². The van der Waals surface area contributed by atoms with Crippen LogP contribution >= 0.6 is 35.0 Å². The fourth-order valence-corrected chi connectivity index (χ4v) is 3.76. The Balaban J connectivity index is 1.99. The predicted octanol–water partition coefficient (Wildman–Crippen LogP) is 3.63. The Bertz CT molecular complexity index is 872. The Morgan fingerprint density at radius 2 is 1.93 bits per heavy atom. The van der Waals surface area contributed by atoms with Crippen molar-refractivity contribution in [1.82, 2.24) is 20.1 Å². The molecular formula is C19H25Cl2N5O2S. The van der Waals surface area contributed by atoms with E-state index in [4.69, 9.17) is 28.9 Å². The Morgan fingerprint density at radius 3 is 2.55 bits per heavy atom. The third-order valence-electron chi connectivity index (χ3n) is 4.09. The lowest BCUT2D eigenvalue weighted by molar-refractivity contribution is -0.119. The van der Waals surface area contributed by atoms with Gasteiger partial charge in [-0.25, -0.2) is 0 Å². The minimum atomic E-state index is -0.381. The highest BCUT2D eigenvalue weighted by molar-refractivity contribution is 7.99. The summed E-state index contributed by atoms with van der Waals surface area (Å²) in [5, 5.41) is 12.9. The van der Waals surface area contributed by atoms with Crippen LogP contribution in [0.15, 0.2) is 23.4 Å². The normalized spacial score (nSPS) is 12.2. The summed E-state index contributed by atoms with van der Waals surface area (Å²) in [6.45, 7) is 6.74. The van der Waals surface area contributed by atoms with Gasteiger partial charge in [0, 0.05) is 19.4 Å². The summed E-state index contributed by atoms with van der Waals surface area (Å²) < 4.78 is 1.95. The van der Waals surface area contributed by atoms with Crippen molar-refractivity contribution in [2.24, 2.45) is 11.7 Å². The van der Waals surface area contributed by atoms with Gasteiger partial charge in [0.05, 0.1) is 21.8 Å². The minimum absolute atomic E-state index is 0.133. The van der Waals surface area contributed by atoms with Gasteiger partial charge in [0.2, 0.25) is 11.8 Å². The SMILES string of the molecule is CC(C)Cn1c(CCC(N)=O)nnc1SCC(=O)NC(C)c1ccc(Cl)c(Cl)c1. The quantitative estimate of drug-likeness (QED) is 0.530. The molecule has 0 saturated carbocycles. The lowest BCUT2D eigenvalue weighted by atomic mass is 10.1. The van der Waals surface area contributed by atoms with Gasteiger partial charge in [-0.05, 0) is 30.5 Å². The summed E-state index contributed by atoms with van der Waals surface area (Å²) in [6, 6.07) is 5.07. The number of amides is 2. The van der Waals surface area contributed by atoms with Gasteiger partial charge < -0.3 is 15.6 Å². The maximum absolute atomic E-state index is 12.4. The van der Waals surface area contributed by atoms with Crippen molar-refractivity contribution in [2.45, 2.75) is 51.4 Å². The van der Waals surface area contributed by atoms with Crippen molar-refractivity contribution in [2.75, 3.05) is 5.75 Å². The Hall–Kier alpha value is -1.77. The molecule has 1 aromatic heterocycles. The first-order chi connectivity index (χ1) is 13.7. The lowest BCUT2D eigenvalue weighted by Gasteiger charge is -2.15. The summed E-state index contributed by atoms with van der Waals surface area (Å²) in [5.74, 6) is 0.739. The van der Waals surface area contributed by atoms with Crippen LogP contribution in [-0.4, -0.2) is 32.3 Å². The first-order valence-electron chi connectivity index (χ1n) is 9.24. The van der Waals surface area contributed by atoms with E-state index in [9.17, 15) is 9.59 Å². The van der Waals surface area contributed by atoms with Crippen molar-refractivity contribution in [3.8, 4) is 0 Å². The molecule has 2 aromatic rings. The van der Waals surface area contributed by atoms with E-state index >= 15 is 0 Å². The van der Waals surface area contributed by atoms with E-state index in [1.807, 2.05) is 17.6 Å². The number of hydrogen-bond donors (Lipinski definition) is 2. The Morgan fingerprint density at radius 1 is 1.21 bits per heavy atom. The molecule has 1 unspecified atom stereocenters. The third-order valence-corrected chi connectivity index (χ3v) is 5.80. The van der Waals surface area contributed by atoms with Gasteiger partial charge in [0.15, 0.2) is 5.16 Å². The van der Waals surface area contributed by atoms with Gasteiger partial charge in [-0.1, -0.05) is 54.9 Å². The number of aryl methyl sites for hydroxylation is 1. The van der Waals surface area contributed by atoms with E-state index in [1.165, 1.54) is 11.8 Å². The molecule has 2 rings (SSSR count). The Labute approximate surface area is 184 Å². The first-order valence-corrected chi connectivity index (χ1v) is 11.0. The van der Waals surface area contributed by atoms with Crippen LogP contribution < -0.4 is 11.1 Å². The van der Waals surface area contributed by atoms with Crippen LogP contribution in [0.2, 0.25) is 10.0 Å². The van der Waals surface area contributed by atoms with Crippen molar-refractivity contribution >= 4 is 46.8 Å². The minimum Gasteiger partial charge on any atom is -0.370 e. The smallest absolute Gasteiger partial charge is 0.230 e.